The number of aryl methyl sites for hydroxylation is 2. The number of aldehydes is 1. The van der Waals surface area contributed by atoms with Crippen LogP contribution in [0.3, 0.4) is 0 Å². The molecule has 0 aromatic heterocycles. The highest BCUT2D eigenvalue weighted by atomic mass is 16.5. The first-order valence-corrected chi connectivity index (χ1v) is 11.9. The molecule has 37 heavy (non-hydrogen) atoms. The summed E-state index contributed by atoms with van der Waals surface area (Å²) in [6.45, 7) is -0.105. The maximum Gasteiger partial charge on any atom is 0.169 e. The number of rotatable bonds is 11. The molecule has 0 bridgehead atoms. The molecule has 4 aromatic rings. The third-order valence-corrected chi connectivity index (χ3v) is 6.24. The van der Waals surface area contributed by atoms with Crippen molar-refractivity contribution in [2.24, 2.45) is 0 Å². The Kier molecular flexibility index (Phi) is 8.44. The van der Waals surface area contributed by atoms with Crippen molar-refractivity contribution in [2.75, 3.05) is 21.3 Å². The molecule has 1 N–H and O–H groups in total. The van der Waals surface area contributed by atoms with Gasteiger partial charge in [-0.05, 0) is 72.0 Å². The zero-order valence-corrected chi connectivity index (χ0v) is 21.2. The quantitative estimate of drug-likeness (QED) is 0.246. The first-order valence-electron chi connectivity index (χ1n) is 11.9. The predicted octanol–water partition coefficient (Wildman–Crippen LogP) is 6.26. The maximum absolute atomic E-state index is 11.1. The Morgan fingerprint density at radius 3 is 1.89 bits per heavy atom. The van der Waals surface area contributed by atoms with Gasteiger partial charge in [0.25, 0.3) is 0 Å². The minimum atomic E-state index is -0.105. The van der Waals surface area contributed by atoms with E-state index in [9.17, 15) is 9.90 Å². The Morgan fingerprint density at radius 2 is 1.30 bits per heavy atom. The summed E-state index contributed by atoms with van der Waals surface area (Å²) in [7, 11) is 4.84. The van der Waals surface area contributed by atoms with E-state index in [-0.39, 0.29) is 6.61 Å². The number of aliphatic hydroxyl groups is 1. The highest BCUT2D eigenvalue weighted by Gasteiger charge is 2.19. The molecule has 0 aliphatic rings. The molecule has 0 saturated carbocycles. The van der Waals surface area contributed by atoms with Gasteiger partial charge in [-0.3, -0.25) is 4.79 Å². The van der Waals surface area contributed by atoms with Crippen LogP contribution in [0, 0.1) is 0 Å². The van der Waals surface area contributed by atoms with Crippen LogP contribution >= 0.6 is 0 Å². The number of carbonyl (C=O) groups excluding carboxylic acids is 1. The monoisotopic (exact) mass is 498 g/mol. The van der Waals surface area contributed by atoms with Crippen LogP contribution in [-0.2, 0) is 19.4 Å². The zero-order chi connectivity index (χ0) is 26.2. The van der Waals surface area contributed by atoms with Crippen LogP contribution in [0.2, 0.25) is 0 Å². The third kappa shape index (κ3) is 5.76. The Morgan fingerprint density at radius 1 is 0.676 bits per heavy atom. The summed E-state index contributed by atoms with van der Waals surface area (Å²) < 4.78 is 22.7. The molecule has 0 atom stereocenters. The van der Waals surface area contributed by atoms with Gasteiger partial charge in [-0.2, -0.15) is 0 Å². The molecule has 190 valence electrons. The minimum Gasteiger partial charge on any atom is -0.496 e. The van der Waals surface area contributed by atoms with Crippen molar-refractivity contribution >= 4 is 6.29 Å². The molecule has 0 unspecified atom stereocenters. The van der Waals surface area contributed by atoms with Crippen molar-refractivity contribution < 1.29 is 28.8 Å². The molecule has 4 rings (SSSR count). The highest BCUT2D eigenvalue weighted by molar-refractivity contribution is 5.81. The normalized spacial score (nSPS) is 10.6. The van der Waals surface area contributed by atoms with Crippen LogP contribution in [0.1, 0.15) is 27.0 Å². The first kappa shape index (κ1) is 25.8. The van der Waals surface area contributed by atoms with Crippen molar-refractivity contribution in [3.63, 3.8) is 0 Å². The van der Waals surface area contributed by atoms with E-state index in [4.69, 9.17) is 18.9 Å². The molecule has 0 spiro atoms. The van der Waals surface area contributed by atoms with Gasteiger partial charge in [0.15, 0.2) is 11.5 Å². The number of methoxy groups -OCH3 is 3. The molecule has 0 radical (unpaired) electrons. The van der Waals surface area contributed by atoms with E-state index in [1.807, 2.05) is 54.6 Å². The maximum atomic E-state index is 11.1. The average molecular weight is 499 g/mol. The number of benzene rings is 4. The Bertz CT molecular complexity index is 1340. The van der Waals surface area contributed by atoms with Gasteiger partial charge in [-0.25, -0.2) is 0 Å². The molecule has 0 fully saturated rings. The molecule has 0 aliphatic heterocycles. The van der Waals surface area contributed by atoms with Gasteiger partial charge in [-0.15, -0.1) is 0 Å². The fourth-order valence-corrected chi connectivity index (χ4v) is 4.38. The smallest absolute Gasteiger partial charge is 0.169 e. The molecule has 6 nitrogen and oxygen atoms in total. The van der Waals surface area contributed by atoms with Gasteiger partial charge in [0.1, 0.15) is 23.5 Å². The second-order valence-corrected chi connectivity index (χ2v) is 8.42. The van der Waals surface area contributed by atoms with Crippen LogP contribution in [-0.4, -0.2) is 32.7 Å². The van der Waals surface area contributed by atoms with Crippen molar-refractivity contribution in [1.82, 2.24) is 0 Å². The average Bonchev–Trinajstić information content (AvgIpc) is 2.95. The lowest BCUT2D eigenvalue weighted by Gasteiger charge is -2.19. The number of carbonyl (C=O) groups is 1. The van der Waals surface area contributed by atoms with Gasteiger partial charge < -0.3 is 24.1 Å². The largest absolute Gasteiger partial charge is 0.496 e. The van der Waals surface area contributed by atoms with Gasteiger partial charge in [0, 0.05) is 16.7 Å². The molecule has 0 amide bonds. The predicted molar refractivity (Wildman–Crippen MR) is 143 cm³/mol. The fourth-order valence-electron chi connectivity index (χ4n) is 4.38. The Hall–Kier alpha value is -4.29. The standard InChI is InChI=1S/C31H30O6/c1-34-26-17-13-22(19-32)18-29(26)37-25-15-11-21(12-16-25)10-14-23-6-4-8-27(35-2)30(23)31-24(20-33)7-5-9-28(31)36-3/h4-9,11-13,15-19,33H,10,14,20H2,1-3H3. The van der Waals surface area contributed by atoms with E-state index in [1.165, 1.54) is 0 Å². The van der Waals surface area contributed by atoms with E-state index in [0.717, 1.165) is 52.7 Å². The van der Waals surface area contributed by atoms with E-state index in [1.54, 1.807) is 39.5 Å². The molecule has 6 heteroatoms. The molecule has 4 aromatic carbocycles. The third-order valence-electron chi connectivity index (χ3n) is 6.24. The topological polar surface area (TPSA) is 74.2 Å². The van der Waals surface area contributed by atoms with E-state index < -0.39 is 0 Å². The van der Waals surface area contributed by atoms with E-state index >= 15 is 0 Å². The van der Waals surface area contributed by atoms with Crippen LogP contribution in [0.25, 0.3) is 11.1 Å². The lowest BCUT2D eigenvalue weighted by Crippen LogP contribution is -2.02. The second kappa shape index (κ2) is 12.1. The van der Waals surface area contributed by atoms with Gasteiger partial charge >= 0.3 is 0 Å². The van der Waals surface area contributed by atoms with Crippen molar-refractivity contribution in [3.8, 4) is 39.9 Å². The van der Waals surface area contributed by atoms with E-state index in [0.29, 0.717) is 28.6 Å². The fraction of sp³-hybridized carbons (Fsp3) is 0.194. The summed E-state index contributed by atoms with van der Waals surface area (Å²) in [5, 5.41) is 10.0. The lowest BCUT2D eigenvalue weighted by atomic mass is 9.91. The summed E-state index contributed by atoms with van der Waals surface area (Å²) in [5.41, 5.74) is 5.29. The molecule has 0 aliphatic carbocycles. The SMILES string of the molecule is COc1ccc(C=O)cc1Oc1ccc(CCc2cccc(OC)c2-c2c(CO)cccc2OC)cc1. The molecular formula is C31H30O6. The van der Waals surface area contributed by atoms with Crippen LogP contribution in [0.5, 0.6) is 28.7 Å². The highest BCUT2D eigenvalue weighted by Crippen LogP contribution is 2.42. The van der Waals surface area contributed by atoms with Crippen molar-refractivity contribution in [3.05, 3.63) is 101 Å². The van der Waals surface area contributed by atoms with Gasteiger partial charge in [-0.1, -0.05) is 36.4 Å². The Balaban J connectivity index is 1.57. The number of aliphatic hydroxyl groups excluding tert-OH is 1. The first-order chi connectivity index (χ1) is 18.1. The zero-order valence-electron chi connectivity index (χ0n) is 21.2. The molecule has 0 saturated heterocycles. The summed E-state index contributed by atoms with van der Waals surface area (Å²) in [4.78, 5) is 11.1. The van der Waals surface area contributed by atoms with E-state index in [2.05, 4.69) is 6.07 Å². The second-order valence-electron chi connectivity index (χ2n) is 8.42. The molecule has 0 heterocycles. The lowest BCUT2D eigenvalue weighted by molar-refractivity contribution is 0.112. The number of hydrogen-bond donors (Lipinski definition) is 1. The van der Waals surface area contributed by atoms with Crippen molar-refractivity contribution in [2.45, 2.75) is 19.4 Å². The van der Waals surface area contributed by atoms with Gasteiger partial charge in [0.2, 0.25) is 0 Å². The summed E-state index contributed by atoms with van der Waals surface area (Å²) in [6, 6.07) is 24.5. The minimum absolute atomic E-state index is 0.105. The summed E-state index contributed by atoms with van der Waals surface area (Å²) >= 11 is 0. The molecular weight excluding hydrogens is 468 g/mol. The van der Waals surface area contributed by atoms with Crippen LogP contribution in [0.15, 0.2) is 78.9 Å². The number of ether oxygens (including phenoxy) is 4. The number of hydrogen-bond acceptors (Lipinski definition) is 6. The summed E-state index contributed by atoms with van der Waals surface area (Å²) in [6.07, 6.45) is 2.32. The van der Waals surface area contributed by atoms with Gasteiger partial charge in [0.05, 0.1) is 27.9 Å². The van der Waals surface area contributed by atoms with Crippen molar-refractivity contribution in [1.29, 1.82) is 0 Å². The Labute approximate surface area is 217 Å². The summed E-state index contributed by atoms with van der Waals surface area (Å²) in [5.74, 6) is 3.10. The van der Waals surface area contributed by atoms with Crippen LogP contribution < -0.4 is 18.9 Å². The van der Waals surface area contributed by atoms with Crippen LogP contribution in [0.4, 0.5) is 0 Å².